The van der Waals surface area contributed by atoms with Crippen LogP contribution in [0.4, 0.5) is 0 Å². The molecule has 0 saturated heterocycles. The number of ketones is 1. The van der Waals surface area contributed by atoms with Crippen LogP contribution in [0.1, 0.15) is 12.8 Å². The third-order valence-corrected chi connectivity index (χ3v) is 6.26. The zero-order valence-electron chi connectivity index (χ0n) is 21.1. The van der Waals surface area contributed by atoms with Gasteiger partial charge in [-0.25, -0.2) is 0 Å². The van der Waals surface area contributed by atoms with E-state index in [0.29, 0.717) is 0 Å². The molecule has 0 N–H and O–H groups in total. The third kappa shape index (κ3) is 14.0. The Morgan fingerprint density at radius 3 is 1.30 bits per heavy atom. The van der Waals surface area contributed by atoms with E-state index in [0.717, 1.165) is 0 Å². The van der Waals surface area contributed by atoms with Gasteiger partial charge in [-0.2, -0.15) is 0 Å². The molecule has 10 heteroatoms. The van der Waals surface area contributed by atoms with Crippen molar-refractivity contribution >= 4 is 45.0 Å². The topological polar surface area (TPSA) is 71.1 Å². The minimum Gasteiger partial charge on any atom is -0.544 e. The van der Waals surface area contributed by atoms with Gasteiger partial charge in [-0.05, 0) is 78.6 Å². The van der Waals surface area contributed by atoms with E-state index in [1.54, 1.807) is 0 Å². The van der Waals surface area contributed by atoms with Crippen LogP contribution in [0.2, 0.25) is 78.6 Å². The fourth-order valence-corrected chi connectivity index (χ4v) is 5.33. The molecule has 0 radical (unpaired) electrons. The molecule has 0 aromatic heterocycles. The maximum absolute atomic E-state index is 13.2. The van der Waals surface area contributed by atoms with Crippen LogP contribution >= 0.6 is 0 Å². The minimum atomic E-state index is -2.09. The molecule has 0 saturated carbocycles. The van der Waals surface area contributed by atoms with Gasteiger partial charge in [-0.15, -0.1) is 0 Å². The van der Waals surface area contributed by atoms with E-state index in [9.17, 15) is 9.59 Å². The summed E-state index contributed by atoms with van der Waals surface area (Å²) in [5.41, 5.74) is 0.211. The molecule has 0 unspecified atom stereocenters. The lowest BCUT2D eigenvalue weighted by Gasteiger charge is -2.30. The molecule has 0 aromatic rings. The summed E-state index contributed by atoms with van der Waals surface area (Å²) in [5.74, 6) is -0.195. The van der Waals surface area contributed by atoms with Gasteiger partial charge >= 0.3 is 0 Å². The first-order valence-electron chi connectivity index (χ1n) is 10.4. The molecule has 0 aliphatic carbocycles. The van der Waals surface area contributed by atoms with Gasteiger partial charge < -0.3 is 17.7 Å². The summed E-state index contributed by atoms with van der Waals surface area (Å²) in [6, 6.07) is 0. The maximum atomic E-state index is 13.2. The second-order valence-corrected chi connectivity index (χ2v) is 29.0. The minimum absolute atomic E-state index is 0.00000260. The summed E-state index contributed by atoms with van der Waals surface area (Å²) in [7, 11) is -8.22. The summed E-state index contributed by atoms with van der Waals surface area (Å²) in [6.45, 7) is 28.0. The van der Waals surface area contributed by atoms with Crippen LogP contribution in [0.25, 0.3) is 0 Å². The van der Waals surface area contributed by atoms with Crippen LogP contribution in [0.15, 0.2) is 23.9 Å². The normalized spacial score (nSPS) is 12.7. The highest BCUT2D eigenvalue weighted by molar-refractivity contribution is 6.72. The van der Waals surface area contributed by atoms with Crippen LogP contribution in [0, 0.1) is 0 Å². The number of Topliss-reactive ketones (excluding diaryl/α,β-unsaturated/α-hetero) is 1. The maximum Gasteiger partial charge on any atom is 0.292 e. The molecule has 174 valence electrons. The largest absolute Gasteiger partial charge is 0.544 e. The van der Waals surface area contributed by atoms with Crippen molar-refractivity contribution in [2.45, 2.75) is 91.4 Å². The highest BCUT2D eigenvalue weighted by Crippen LogP contribution is 2.28. The average molecular weight is 491 g/mol. The van der Waals surface area contributed by atoms with Gasteiger partial charge in [0.25, 0.3) is 11.9 Å². The predicted molar refractivity (Wildman–Crippen MR) is 133 cm³/mol. The van der Waals surface area contributed by atoms with E-state index in [1.807, 2.05) is 78.6 Å². The molecule has 0 bridgehead atoms. The van der Waals surface area contributed by atoms with Crippen molar-refractivity contribution in [2.75, 3.05) is 0 Å². The Balaban J connectivity index is 6.06. The van der Waals surface area contributed by atoms with Crippen molar-refractivity contribution in [3.63, 3.8) is 0 Å². The molecule has 0 spiro atoms. The molecule has 0 amide bonds. The van der Waals surface area contributed by atoms with Gasteiger partial charge in [0.05, 0.1) is 6.42 Å². The number of hydrogen-bond donors (Lipinski definition) is 0. The van der Waals surface area contributed by atoms with Crippen LogP contribution in [0.3, 0.4) is 0 Å². The van der Waals surface area contributed by atoms with Gasteiger partial charge in [0.15, 0.2) is 5.78 Å². The van der Waals surface area contributed by atoms with Gasteiger partial charge in [0.2, 0.25) is 33.3 Å². The quantitative estimate of drug-likeness (QED) is 0.145. The van der Waals surface area contributed by atoms with E-state index in [4.69, 9.17) is 17.7 Å². The van der Waals surface area contributed by atoms with Crippen molar-refractivity contribution in [3.8, 4) is 0 Å². The van der Waals surface area contributed by atoms with Crippen molar-refractivity contribution in [1.29, 1.82) is 0 Å². The van der Waals surface area contributed by atoms with Crippen molar-refractivity contribution < 1.29 is 27.3 Å². The van der Waals surface area contributed by atoms with Crippen molar-refractivity contribution in [3.05, 3.63) is 23.9 Å². The van der Waals surface area contributed by atoms with Crippen LogP contribution in [0.5, 0.6) is 0 Å². The number of rotatable bonds is 12. The number of carbonyl (C=O) groups excluding carboxylic acids is 2. The Kier molecular flexibility index (Phi) is 10.1. The van der Waals surface area contributed by atoms with E-state index in [1.165, 1.54) is 0 Å². The molecular formula is C20H42O6Si4. The van der Waals surface area contributed by atoms with Crippen molar-refractivity contribution in [2.24, 2.45) is 0 Å². The standard InChI is InChI=1S/C20H42O6Si4/c1-16(23-27(2,3)4)19(17(21)14-15-18(22)24-28(5,6)7)20(25-29(8,9)10)26-30(11,12)13/h1,14-15H2,2-13H3. The average Bonchev–Trinajstić information content (AvgIpc) is 2.37. The first kappa shape index (κ1) is 28.9. The van der Waals surface area contributed by atoms with Gasteiger partial charge in [-0.1, -0.05) is 6.58 Å². The summed E-state index contributed by atoms with van der Waals surface area (Å²) in [5, 5.41) is 0. The summed E-state index contributed by atoms with van der Waals surface area (Å²) >= 11 is 0. The Hall–Kier alpha value is -1.11. The van der Waals surface area contributed by atoms with Crippen LogP contribution in [-0.2, 0) is 27.3 Å². The molecule has 0 aromatic carbocycles. The number of allylic oxidation sites excluding steroid dienone is 1. The smallest absolute Gasteiger partial charge is 0.292 e. The SMILES string of the molecule is C=C(O[Si](C)(C)C)C(C(=O)CCC(=O)O[Si](C)(C)C)=C(O[Si](C)(C)C)O[Si](C)(C)C. The van der Waals surface area contributed by atoms with E-state index in [2.05, 4.69) is 6.58 Å². The van der Waals surface area contributed by atoms with Gasteiger partial charge in [0, 0.05) is 6.42 Å². The highest BCUT2D eigenvalue weighted by Gasteiger charge is 2.33. The molecule has 0 fully saturated rings. The Morgan fingerprint density at radius 1 is 0.600 bits per heavy atom. The molecule has 0 aliphatic rings. The lowest BCUT2D eigenvalue weighted by Crippen LogP contribution is -2.34. The number of carbonyl (C=O) groups is 2. The second-order valence-electron chi connectivity index (χ2n) is 11.2. The fourth-order valence-electron chi connectivity index (χ4n) is 2.22. The fraction of sp³-hybridized carbons (Fsp3) is 0.700. The lowest BCUT2D eigenvalue weighted by atomic mass is 10.1. The summed E-state index contributed by atoms with van der Waals surface area (Å²) in [4.78, 5) is 25.4. The Bertz CT molecular complexity index is 655. The first-order valence-corrected chi connectivity index (χ1v) is 24.0. The van der Waals surface area contributed by atoms with Crippen molar-refractivity contribution in [1.82, 2.24) is 0 Å². The molecule has 6 nitrogen and oxygen atoms in total. The Morgan fingerprint density at radius 2 is 0.967 bits per heavy atom. The highest BCUT2D eigenvalue weighted by atomic mass is 28.4. The Labute approximate surface area is 187 Å². The zero-order chi connectivity index (χ0) is 24.1. The molecule has 0 aliphatic heterocycles. The lowest BCUT2D eigenvalue weighted by molar-refractivity contribution is -0.136. The first-order chi connectivity index (χ1) is 13.1. The molecule has 0 rings (SSSR count). The molecule has 30 heavy (non-hydrogen) atoms. The molecule has 0 atom stereocenters. The van der Waals surface area contributed by atoms with Gasteiger partial charge in [-0.3, -0.25) is 9.59 Å². The van der Waals surface area contributed by atoms with E-state index in [-0.39, 0.29) is 41.9 Å². The number of hydrogen-bond acceptors (Lipinski definition) is 6. The summed E-state index contributed by atoms with van der Waals surface area (Å²) < 4.78 is 23.9. The molecular weight excluding hydrogens is 449 g/mol. The van der Waals surface area contributed by atoms with Crippen LogP contribution in [-0.4, -0.2) is 45.0 Å². The monoisotopic (exact) mass is 490 g/mol. The van der Waals surface area contributed by atoms with E-state index < -0.39 is 33.3 Å². The third-order valence-electron chi connectivity index (χ3n) is 2.97. The second kappa shape index (κ2) is 10.5. The van der Waals surface area contributed by atoms with Crippen LogP contribution < -0.4 is 0 Å². The summed E-state index contributed by atoms with van der Waals surface area (Å²) in [6.07, 6.45) is -0.0135. The zero-order valence-corrected chi connectivity index (χ0v) is 25.1. The van der Waals surface area contributed by atoms with E-state index >= 15 is 0 Å². The molecule has 0 heterocycles. The van der Waals surface area contributed by atoms with Gasteiger partial charge in [0.1, 0.15) is 11.3 Å². The predicted octanol–water partition coefficient (Wildman–Crippen LogP) is 5.99.